The van der Waals surface area contributed by atoms with Crippen molar-refractivity contribution in [2.24, 2.45) is 0 Å². The third-order valence-corrected chi connectivity index (χ3v) is 4.09. The van der Waals surface area contributed by atoms with E-state index >= 15 is 0 Å². The summed E-state index contributed by atoms with van der Waals surface area (Å²) in [6.07, 6.45) is 0. The number of nitrogen functional groups attached to an aromatic ring is 1. The van der Waals surface area contributed by atoms with Gasteiger partial charge in [-0.15, -0.1) is 5.10 Å². The summed E-state index contributed by atoms with van der Waals surface area (Å²) >= 11 is 0. The number of nitrogens with two attached hydrogens (primary N) is 1. The van der Waals surface area contributed by atoms with E-state index in [1.165, 1.54) is 0 Å². The fraction of sp³-hybridized carbons (Fsp3) is 0.200. The summed E-state index contributed by atoms with van der Waals surface area (Å²) < 4.78 is 11.7. The fourth-order valence-corrected chi connectivity index (χ4v) is 2.64. The number of nitrogens with zero attached hydrogens (tertiary/aromatic N) is 3. The Bertz CT molecular complexity index is 1030. The van der Waals surface area contributed by atoms with E-state index in [9.17, 15) is 9.59 Å². The van der Waals surface area contributed by atoms with Crippen molar-refractivity contribution >= 4 is 29.0 Å². The summed E-state index contributed by atoms with van der Waals surface area (Å²) in [6, 6.07) is 13.9. The van der Waals surface area contributed by atoms with E-state index in [0.29, 0.717) is 29.5 Å². The molecule has 0 atom stereocenters. The molecular weight excluding hydrogens is 388 g/mol. The first-order chi connectivity index (χ1) is 14.5. The number of methoxy groups -OCH3 is 1. The second-order valence-electron chi connectivity index (χ2n) is 6.14. The number of hydrogen-bond acceptors (Lipinski definition) is 7. The van der Waals surface area contributed by atoms with E-state index in [-0.39, 0.29) is 24.0 Å². The van der Waals surface area contributed by atoms with Gasteiger partial charge in [-0.3, -0.25) is 9.59 Å². The van der Waals surface area contributed by atoms with Gasteiger partial charge in [-0.1, -0.05) is 17.3 Å². The number of nitrogens with one attached hydrogen (secondary N) is 2. The van der Waals surface area contributed by atoms with Gasteiger partial charge < -0.3 is 25.8 Å². The van der Waals surface area contributed by atoms with Crippen LogP contribution in [-0.4, -0.2) is 40.5 Å². The molecule has 4 N–H and O–H groups in total. The van der Waals surface area contributed by atoms with Crippen molar-refractivity contribution in [1.29, 1.82) is 0 Å². The Labute approximate surface area is 173 Å². The summed E-state index contributed by atoms with van der Waals surface area (Å²) in [6.45, 7) is 2.10. The van der Waals surface area contributed by atoms with Crippen LogP contribution in [0.15, 0.2) is 48.5 Å². The number of carbonyl (C=O) groups excluding carboxylic acids is 2. The van der Waals surface area contributed by atoms with Gasteiger partial charge in [0.05, 0.1) is 19.4 Å². The Morgan fingerprint density at radius 3 is 2.53 bits per heavy atom. The van der Waals surface area contributed by atoms with Gasteiger partial charge in [-0.2, -0.15) is 0 Å². The quantitative estimate of drug-likeness (QED) is 0.518. The molecule has 0 radical (unpaired) electrons. The van der Waals surface area contributed by atoms with Crippen molar-refractivity contribution in [3.63, 3.8) is 0 Å². The highest BCUT2D eigenvalue weighted by Crippen LogP contribution is 2.24. The molecule has 0 aliphatic carbocycles. The van der Waals surface area contributed by atoms with Crippen LogP contribution in [-0.2, 0) is 11.3 Å². The normalized spacial score (nSPS) is 10.3. The highest BCUT2D eigenvalue weighted by Gasteiger charge is 2.20. The highest BCUT2D eigenvalue weighted by atomic mass is 16.5. The van der Waals surface area contributed by atoms with Gasteiger partial charge in [0.15, 0.2) is 11.5 Å². The molecule has 2 aromatic carbocycles. The Hall–Kier alpha value is -4.08. The zero-order valence-corrected chi connectivity index (χ0v) is 16.6. The van der Waals surface area contributed by atoms with Gasteiger partial charge in [-0.05, 0) is 43.3 Å². The predicted molar refractivity (Wildman–Crippen MR) is 112 cm³/mol. The van der Waals surface area contributed by atoms with Crippen molar-refractivity contribution in [1.82, 2.24) is 15.0 Å². The van der Waals surface area contributed by atoms with E-state index < -0.39 is 5.91 Å². The molecule has 156 valence electrons. The molecule has 3 rings (SSSR count). The molecule has 0 bridgehead atoms. The number of rotatable bonds is 8. The molecule has 30 heavy (non-hydrogen) atoms. The van der Waals surface area contributed by atoms with Crippen LogP contribution in [0.2, 0.25) is 0 Å². The first-order valence-corrected chi connectivity index (χ1v) is 9.17. The summed E-state index contributed by atoms with van der Waals surface area (Å²) in [5.41, 5.74) is 6.97. The number of amides is 2. The summed E-state index contributed by atoms with van der Waals surface area (Å²) in [5.74, 6) is 0.256. The van der Waals surface area contributed by atoms with Gasteiger partial charge in [0.2, 0.25) is 5.91 Å². The second kappa shape index (κ2) is 9.41. The van der Waals surface area contributed by atoms with Gasteiger partial charge in [-0.25, -0.2) is 4.68 Å². The molecule has 0 spiro atoms. The zero-order chi connectivity index (χ0) is 21.5. The Morgan fingerprint density at radius 1 is 1.10 bits per heavy atom. The standard InChI is InChI=1S/C20H22N6O4/c1-3-30-16-7-5-4-6-15(16)23-20(28)18-19(21)26(25-24-18)12-17(27)22-13-8-10-14(29-2)11-9-13/h4-11H,3,12,21H2,1-2H3,(H,22,27)(H,23,28). The molecular formula is C20H22N6O4. The van der Waals surface area contributed by atoms with Gasteiger partial charge in [0, 0.05) is 5.69 Å². The van der Waals surface area contributed by atoms with Crippen LogP contribution in [0.25, 0.3) is 0 Å². The lowest BCUT2D eigenvalue weighted by Gasteiger charge is -2.10. The molecule has 0 aliphatic heterocycles. The molecule has 0 aliphatic rings. The number of hydrogen-bond donors (Lipinski definition) is 3. The van der Waals surface area contributed by atoms with Crippen molar-refractivity contribution in [2.75, 3.05) is 30.1 Å². The fourth-order valence-electron chi connectivity index (χ4n) is 2.64. The zero-order valence-electron chi connectivity index (χ0n) is 16.6. The highest BCUT2D eigenvalue weighted by molar-refractivity contribution is 6.06. The third kappa shape index (κ3) is 4.85. The topological polar surface area (TPSA) is 133 Å². The molecule has 10 nitrogen and oxygen atoms in total. The number of carbonyl (C=O) groups is 2. The number of anilines is 3. The van der Waals surface area contributed by atoms with Crippen molar-refractivity contribution in [3.05, 3.63) is 54.2 Å². The maximum absolute atomic E-state index is 12.6. The van der Waals surface area contributed by atoms with Crippen LogP contribution >= 0.6 is 0 Å². The molecule has 10 heteroatoms. The Balaban J connectivity index is 1.66. The average molecular weight is 410 g/mol. The van der Waals surface area contributed by atoms with Crippen LogP contribution < -0.4 is 25.8 Å². The number of benzene rings is 2. The van der Waals surface area contributed by atoms with E-state index in [1.807, 2.05) is 6.92 Å². The van der Waals surface area contributed by atoms with Crippen molar-refractivity contribution in [2.45, 2.75) is 13.5 Å². The molecule has 2 amide bonds. The van der Waals surface area contributed by atoms with Crippen LogP contribution in [0.1, 0.15) is 17.4 Å². The Kier molecular flexibility index (Phi) is 6.48. The molecule has 0 fully saturated rings. The van der Waals surface area contributed by atoms with E-state index in [4.69, 9.17) is 15.2 Å². The Morgan fingerprint density at radius 2 is 1.83 bits per heavy atom. The molecule has 3 aromatic rings. The lowest BCUT2D eigenvalue weighted by molar-refractivity contribution is -0.116. The maximum atomic E-state index is 12.6. The minimum atomic E-state index is -0.554. The third-order valence-electron chi connectivity index (χ3n) is 4.09. The lowest BCUT2D eigenvalue weighted by Crippen LogP contribution is -2.21. The van der Waals surface area contributed by atoms with Crippen LogP contribution in [0.4, 0.5) is 17.2 Å². The van der Waals surface area contributed by atoms with Crippen molar-refractivity contribution in [3.8, 4) is 11.5 Å². The molecule has 1 aromatic heterocycles. The first-order valence-electron chi connectivity index (χ1n) is 9.17. The van der Waals surface area contributed by atoms with Crippen LogP contribution in [0, 0.1) is 0 Å². The van der Waals surface area contributed by atoms with Gasteiger partial charge >= 0.3 is 0 Å². The monoisotopic (exact) mass is 410 g/mol. The van der Waals surface area contributed by atoms with Crippen LogP contribution in [0.3, 0.4) is 0 Å². The summed E-state index contributed by atoms with van der Waals surface area (Å²) in [4.78, 5) is 24.8. The first kappa shape index (κ1) is 20.6. The van der Waals surface area contributed by atoms with E-state index in [2.05, 4.69) is 20.9 Å². The summed E-state index contributed by atoms with van der Waals surface area (Å²) in [5, 5.41) is 13.0. The number of ether oxygens (including phenoxy) is 2. The largest absolute Gasteiger partial charge is 0.497 e. The molecule has 0 saturated heterocycles. The van der Waals surface area contributed by atoms with E-state index in [0.717, 1.165) is 4.68 Å². The smallest absolute Gasteiger partial charge is 0.280 e. The lowest BCUT2D eigenvalue weighted by atomic mass is 10.2. The van der Waals surface area contributed by atoms with Gasteiger partial charge in [0.25, 0.3) is 5.91 Å². The maximum Gasteiger partial charge on any atom is 0.280 e. The van der Waals surface area contributed by atoms with Crippen LogP contribution in [0.5, 0.6) is 11.5 Å². The summed E-state index contributed by atoms with van der Waals surface area (Å²) in [7, 11) is 1.56. The molecule has 0 saturated carbocycles. The number of para-hydroxylation sites is 2. The second-order valence-corrected chi connectivity index (χ2v) is 6.14. The predicted octanol–water partition coefficient (Wildman–Crippen LogP) is 2.16. The van der Waals surface area contributed by atoms with Gasteiger partial charge in [0.1, 0.15) is 18.0 Å². The van der Waals surface area contributed by atoms with E-state index in [1.54, 1.807) is 55.6 Å². The minimum Gasteiger partial charge on any atom is -0.497 e. The number of aromatic nitrogens is 3. The average Bonchev–Trinajstić information content (AvgIpc) is 3.10. The SMILES string of the molecule is CCOc1ccccc1NC(=O)c1nnn(CC(=O)Nc2ccc(OC)cc2)c1N. The molecule has 1 heterocycles. The minimum absolute atomic E-state index is 0.0220. The molecule has 0 unspecified atom stereocenters. The van der Waals surface area contributed by atoms with Crippen molar-refractivity contribution < 1.29 is 19.1 Å².